The Bertz CT molecular complexity index is 187. The summed E-state index contributed by atoms with van der Waals surface area (Å²) in [6.45, 7) is 1.99. The first-order valence-corrected chi connectivity index (χ1v) is 6.06. The molecule has 2 atom stereocenters. The van der Waals surface area contributed by atoms with Crippen LogP contribution in [0.3, 0.4) is 0 Å². The lowest BCUT2D eigenvalue weighted by atomic mass is 9.80. The van der Waals surface area contributed by atoms with E-state index in [-0.39, 0.29) is 0 Å². The summed E-state index contributed by atoms with van der Waals surface area (Å²) in [5, 5.41) is 3.33. The molecule has 2 rings (SSSR count). The minimum absolute atomic E-state index is 0.303. The first kappa shape index (κ1) is 10.2. The predicted octanol–water partition coefficient (Wildman–Crippen LogP) is 1.99. The fourth-order valence-corrected chi connectivity index (χ4v) is 3.02. The van der Waals surface area contributed by atoms with Crippen molar-refractivity contribution >= 4 is 6.29 Å². The van der Waals surface area contributed by atoms with Crippen LogP contribution in [0.4, 0.5) is 0 Å². The molecule has 0 aromatic carbocycles. The molecule has 0 bridgehead atoms. The molecular weight excluding hydrogens is 174 g/mol. The van der Waals surface area contributed by atoms with Gasteiger partial charge in [0.15, 0.2) is 0 Å². The van der Waals surface area contributed by atoms with E-state index in [0.29, 0.717) is 11.8 Å². The standard InChI is InChI=1S/C12H21NO/c14-9-12-8-13-7-11(12)6-10-4-2-1-3-5-10/h9-13H,1-8H2/t11-,12+/m1/s1. The summed E-state index contributed by atoms with van der Waals surface area (Å²) in [6, 6.07) is 0. The maximum atomic E-state index is 10.8. The molecule has 1 aliphatic heterocycles. The van der Waals surface area contributed by atoms with E-state index in [0.717, 1.165) is 25.3 Å². The van der Waals surface area contributed by atoms with Gasteiger partial charge >= 0.3 is 0 Å². The number of rotatable bonds is 3. The zero-order chi connectivity index (χ0) is 9.80. The number of hydrogen-bond acceptors (Lipinski definition) is 2. The van der Waals surface area contributed by atoms with Crippen molar-refractivity contribution in [2.75, 3.05) is 13.1 Å². The van der Waals surface area contributed by atoms with Crippen molar-refractivity contribution in [2.45, 2.75) is 38.5 Å². The normalized spacial score (nSPS) is 34.6. The molecule has 0 aromatic heterocycles. The van der Waals surface area contributed by atoms with Gasteiger partial charge in [-0.15, -0.1) is 0 Å². The third-order valence-electron chi connectivity index (χ3n) is 3.93. The van der Waals surface area contributed by atoms with E-state index in [2.05, 4.69) is 5.32 Å². The molecule has 2 aliphatic rings. The fourth-order valence-electron chi connectivity index (χ4n) is 3.02. The molecule has 0 unspecified atom stereocenters. The van der Waals surface area contributed by atoms with Crippen LogP contribution in [0.1, 0.15) is 38.5 Å². The largest absolute Gasteiger partial charge is 0.316 e. The number of nitrogens with one attached hydrogen (secondary N) is 1. The van der Waals surface area contributed by atoms with Gasteiger partial charge < -0.3 is 10.1 Å². The molecule has 2 nitrogen and oxygen atoms in total. The van der Waals surface area contributed by atoms with Crippen LogP contribution in [0.25, 0.3) is 0 Å². The molecular formula is C12H21NO. The summed E-state index contributed by atoms with van der Waals surface area (Å²) in [5.41, 5.74) is 0. The van der Waals surface area contributed by atoms with Gasteiger partial charge in [-0.3, -0.25) is 0 Å². The van der Waals surface area contributed by atoms with Crippen molar-refractivity contribution in [1.82, 2.24) is 5.32 Å². The van der Waals surface area contributed by atoms with Crippen molar-refractivity contribution in [3.8, 4) is 0 Å². The van der Waals surface area contributed by atoms with Gasteiger partial charge in [-0.1, -0.05) is 32.1 Å². The number of carbonyl (C=O) groups excluding carboxylic acids is 1. The summed E-state index contributed by atoms with van der Waals surface area (Å²) in [5.74, 6) is 1.85. The van der Waals surface area contributed by atoms with Crippen molar-refractivity contribution < 1.29 is 4.79 Å². The van der Waals surface area contributed by atoms with Crippen molar-refractivity contribution in [3.63, 3.8) is 0 Å². The topological polar surface area (TPSA) is 29.1 Å². The third kappa shape index (κ3) is 2.35. The molecule has 0 aromatic rings. The average Bonchev–Trinajstić information content (AvgIpc) is 2.67. The number of carbonyl (C=O) groups is 1. The second-order valence-corrected chi connectivity index (χ2v) is 4.96. The Hall–Kier alpha value is -0.370. The Labute approximate surface area is 86.5 Å². The van der Waals surface area contributed by atoms with E-state index in [1.807, 2.05) is 0 Å². The van der Waals surface area contributed by atoms with Gasteiger partial charge in [0.1, 0.15) is 6.29 Å². The van der Waals surface area contributed by atoms with Crippen LogP contribution in [0.2, 0.25) is 0 Å². The molecule has 2 fully saturated rings. The number of hydrogen-bond donors (Lipinski definition) is 1. The molecule has 1 saturated carbocycles. The Morgan fingerprint density at radius 1 is 1.14 bits per heavy atom. The molecule has 80 valence electrons. The van der Waals surface area contributed by atoms with Crippen molar-refractivity contribution in [1.29, 1.82) is 0 Å². The minimum atomic E-state index is 0.303. The summed E-state index contributed by atoms with van der Waals surface area (Å²) >= 11 is 0. The second kappa shape index (κ2) is 4.92. The maximum absolute atomic E-state index is 10.8. The Balaban J connectivity index is 1.80. The summed E-state index contributed by atoms with van der Waals surface area (Å²) in [7, 11) is 0. The summed E-state index contributed by atoms with van der Waals surface area (Å²) in [4.78, 5) is 10.8. The van der Waals surface area contributed by atoms with E-state index in [1.54, 1.807) is 0 Å². The van der Waals surface area contributed by atoms with Gasteiger partial charge in [-0.05, 0) is 24.8 Å². The van der Waals surface area contributed by atoms with E-state index < -0.39 is 0 Å². The highest BCUT2D eigenvalue weighted by Crippen LogP contribution is 2.32. The Kier molecular flexibility index (Phi) is 3.57. The van der Waals surface area contributed by atoms with Crippen LogP contribution in [-0.2, 0) is 4.79 Å². The lowest BCUT2D eigenvalue weighted by Crippen LogP contribution is -2.19. The Morgan fingerprint density at radius 2 is 1.93 bits per heavy atom. The van der Waals surface area contributed by atoms with Gasteiger partial charge in [0.25, 0.3) is 0 Å². The zero-order valence-corrected chi connectivity index (χ0v) is 8.87. The highest BCUT2D eigenvalue weighted by Gasteiger charge is 2.29. The van der Waals surface area contributed by atoms with Crippen LogP contribution in [-0.4, -0.2) is 19.4 Å². The molecule has 14 heavy (non-hydrogen) atoms. The van der Waals surface area contributed by atoms with Gasteiger partial charge in [0.2, 0.25) is 0 Å². The summed E-state index contributed by atoms with van der Waals surface area (Å²) in [6.07, 6.45) is 9.51. The lowest BCUT2D eigenvalue weighted by molar-refractivity contribution is -0.111. The highest BCUT2D eigenvalue weighted by atomic mass is 16.1. The summed E-state index contributed by atoms with van der Waals surface area (Å²) < 4.78 is 0. The monoisotopic (exact) mass is 195 g/mol. The SMILES string of the molecule is O=C[C@@H]1CNC[C@H]1CC1CCCCC1. The molecule has 1 saturated heterocycles. The molecule has 2 heteroatoms. The van der Waals surface area contributed by atoms with Gasteiger partial charge in [-0.25, -0.2) is 0 Å². The third-order valence-corrected chi connectivity index (χ3v) is 3.93. The van der Waals surface area contributed by atoms with E-state index in [4.69, 9.17) is 0 Å². The van der Waals surface area contributed by atoms with Crippen LogP contribution < -0.4 is 5.32 Å². The quantitative estimate of drug-likeness (QED) is 0.698. The van der Waals surface area contributed by atoms with E-state index in [1.165, 1.54) is 38.5 Å². The minimum Gasteiger partial charge on any atom is -0.316 e. The fraction of sp³-hybridized carbons (Fsp3) is 0.917. The lowest BCUT2D eigenvalue weighted by Gasteiger charge is -2.25. The highest BCUT2D eigenvalue weighted by molar-refractivity contribution is 5.55. The molecule has 1 heterocycles. The first-order valence-electron chi connectivity index (χ1n) is 6.06. The molecule has 0 spiro atoms. The Morgan fingerprint density at radius 3 is 2.64 bits per heavy atom. The first-order chi connectivity index (χ1) is 6.90. The zero-order valence-electron chi connectivity index (χ0n) is 8.87. The van der Waals surface area contributed by atoms with Crippen LogP contribution >= 0.6 is 0 Å². The number of aldehydes is 1. The van der Waals surface area contributed by atoms with Crippen LogP contribution in [0.5, 0.6) is 0 Å². The molecule has 1 aliphatic carbocycles. The van der Waals surface area contributed by atoms with Gasteiger partial charge in [0.05, 0.1) is 0 Å². The van der Waals surface area contributed by atoms with Crippen molar-refractivity contribution in [3.05, 3.63) is 0 Å². The van der Waals surface area contributed by atoms with E-state index in [9.17, 15) is 4.79 Å². The molecule has 1 N–H and O–H groups in total. The van der Waals surface area contributed by atoms with Crippen molar-refractivity contribution in [2.24, 2.45) is 17.8 Å². The van der Waals surface area contributed by atoms with Crippen LogP contribution in [0, 0.1) is 17.8 Å². The maximum Gasteiger partial charge on any atom is 0.124 e. The molecule has 0 amide bonds. The smallest absolute Gasteiger partial charge is 0.124 e. The van der Waals surface area contributed by atoms with Gasteiger partial charge in [-0.2, -0.15) is 0 Å². The predicted molar refractivity (Wildman–Crippen MR) is 57.1 cm³/mol. The molecule has 0 radical (unpaired) electrons. The average molecular weight is 195 g/mol. The second-order valence-electron chi connectivity index (χ2n) is 4.96. The van der Waals surface area contributed by atoms with Crippen LogP contribution in [0.15, 0.2) is 0 Å². The van der Waals surface area contributed by atoms with E-state index >= 15 is 0 Å². The van der Waals surface area contributed by atoms with Gasteiger partial charge in [0, 0.05) is 12.5 Å².